The lowest BCUT2D eigenvalue weighted by molar-refractivity contribution is -0.168. The maximum absolute atomic E-state index is 13.4. The molecule has 8 nitrogen and oxygen atoms in total. The highest BCUT2D eigenvalue weighted by atomic mass is 16.2. The zero-order valence-electron chi connectivity index (χ0n) is 16.6. The molecule has 2 rings (SSSR count). The summed E-state index contributed by atoms with van der Waals surface area (Å²) in [6.07, 6.45) is 3.61. The van der Waals surface area contributed by atoms with E-state index in [0.29, 0.717) is 32.4 Å². The van der Waals surface area contributed by atoms with Gasteiger partial charge in [0.15, 0.2) is 5.96 Å². The van der Waals surface area contributed by atoms with Gasteiger partial charge in [-0.05, 0) is 37.8 Å². The lowest BCUT2D eigenvalue weighted by Gasteiger charge is -2.45. The molecular formula is C20H32N6O2. The van der Waals surface area contributed by atoms with Crippen LogP contribution in [0.15, 0.2) is 35.3 Å². The molecule has 0 saturated carbocycles. The van der Waals surface area contributed by atoms with Crippen LogP contribution in [-0.2, 0) is 16.0 Å². The predicted octanol–water partition coefficient (Wildman–Crippen LogP) is 0.278. The summed E-state index contributed by atoms with van der Waals surface area (Å²) in [7, 11) is 0. The SMILES string of the molecule is CCN[C@H](Cc1ccccc1)C(=O)N([C@H](C=O)CCCN=C(N)N)N1CCC1. The molecule has 1 amide bonds. The van der Waals surface area contributed by atoms with Crippen molar-refractivity contribution >= 4 is 18.2 Å². The van der Waals surface area contributed by atoms with E-state index in [4.69, 9.17) is 11.5 Å². The number of benzene rings is 1. The number of carbonyl (C=O) groups is 2. The van der Waals surface area contributed by atoms with Crippen LogP contribution in [0.25, 0.3) is 0 Å². The van der Waals surface area contributed by atoms with Crippen molar-refractivity contribution in [2.24, 2.45) is 16.5 Å². The van der Waals surface area contributed by atoms with Crippen LogP contribution in [0.5, 0.6) is 0 Å². The van der Waals surface area contributed by atoms with Gasteiger partial charge in [0.2, 0.25) is 0 Å². The molecule has 1 aromatic rings. The number of carbonyl (C=O) groups excluding carboxylic acids is 2. The first-order valence-corrected chi connectivity index (χ1v) is 9.92. The van der Waals surface area contributed by atoms with Gasteiger partial charge in [-0.1, -0.05) is 37.3 Å². The Hall–Kier alpha value is -2.45. The molecule has 1 fully saturated rings. The molecule has 1 aromatic carbocycles. The van der Waals surface area contributed by atoms with Gasteiger partial charge in [0, 0.05) is 19.6 Å². The smallest absolute Gasteiger partial charge is 0.255 e. The molecule has 5 N–H and O–H groups in total. The van der Waals surface area contributed by atoms with E-state index >= 15 is 0 Å². The minimum atomic E-state index is -0.515. The number of aliphatic imine (C=N–C) groups is 1. The molecule has 0 radical (unpaired) electrons. The topological polar surface area (TPSA) is 117 Å². The summed E-state index contributed by atoms with van der Waals surface area (Å²) in [6.45, 7) is 4.66. The van der Waals surface area contributed by atoms with Gasteiger partial charge in [0.25, 0.3) is 5.91 Å². The van der Waals surface area contributed by atoms with Crippen molar-refractivity contribution in [3.63, 3.8) is 0 Å². The third-order valence-electron chi connectivity index (χ3n) is 4.82. The van der Waals surface area contributed by atoms with Crippen LogP contribution in [0, 0.1) is 0 Å². The van der Waals surface area contributed by atoms with Crippen molar-refractivity contribution in [1.82, 2.24) is 15.3 Å². The van der Waals surface area contributed by atoms with E-state index in [1.807, 2.05) is 42.3 Å². The van der Waals surface area contributed by atoms with E-state index < -0.39 is 6.04 Å². The highest BCUT2D eigenvalue weighted by molar-refractivity contribution is 5.84. The van der Waals surface area contributed by atoms with Crippen LogP contribution < -0.4 is 16.8 Å². The summed E-state index contributed by atoms with van der Waals surface area (Å²) in [5.41, 5.74) is 11.8. The molecule has 0 bridgehead atoms. The minimum Gasteiger partial charge on any atom is -0.370 e. The maximum atomic E-state index is 13.4. The van der Waals surface area contributed by atoms with E-state index in [9.17, 15) is 9.59 Å². The van der Waals surface area contributed by atoms with Crippen LogP contribution in [0.3, 0.4) is 0 Å². The summed E-state index contributed by atoms with van der Waals surface area (Å²) in [5.74, 6) is -0.0299. The molecule has 1 aliphatic heterocycles. The first kappa shape index (κ1) is 21.8. The molecule has 0 aromatic heterocycles. The Bertz CT molecular complexity index is 643. The molecule has 1 heterocycles. The first-order chi connectivity index (χ1) is 13.6. The normalized spacial score (nSPS) is 15.9. The van der Waals surface area contributed by atoms with Gasteiger partial charge in [-0.15, -0.1) is 0 Å². The number of nitrogens with two attached hydrogens (primary N) is 2. The Balaban J connectivity index is 2.12. The van der Waals surface area contributed by atoms with Gasteiger partial charge in [-0.3, -0.25) is 14.8 Å². The average Bonchev–Trinajstić information content (AvgIpc) is 2.65. The van der Waals surface area contributed by atoms with Crippen molar-refractivity contribution in [3.8, 4) is 0 Å². The van der Waals surface area contributed by atoms with Crippen LogP contribution in [-0.4, -0.2) is 66.4 Å². The summed E-state index contributed by atoms with van der Waals surface area (Å²) < 4.78 is 0. The number of hydrogen-bond acceptors (Lipinski definition) is 5. The number of hydrazine groups is 1. The summed E-state index contributed by atoms with van der Waals surface area (Å²) >= 11 is 0. The first-order valence-electron chi connectivity index (χ1n) is 9.92. The van der Waals surface area contributed by atoms with E-state index in [1.165, 1.54) is 0 Å². The van der Waals surface area contributed by atoms with Crippen molar-refractivity contribution in [2.75, 3.05) is 26.2 Å². The molecule has 0 unspecified atom stereocenters. The Morgan fingerprint density at radius 2 is 2.04 bits per heavy atom. The number of amides is 1. The fourth-order valence-electron chi connectivity index (χ4n) is 3.29. The second-order valence-corrected chi connectivity index (χ2v) is 6.94. The molecule has 0 spiro atoms. The standard InChI is InChI=1S/C20H32N6O2/c1-2-23-18(14-16-8-4-3-5-9-16)19(28)26(25-12-7-13-25)17(15-27)10-6-11-24-20(21)22/h3-5,8-9,15,17-18,23H,2,6-7,10-14H2,1H3,(H4,21,22,24)/t17-,18+/m0/s1. The van der Waals surface area contributed by atoms with Gasteiger partial charge in [-0.25, -0.2) is 5.01 Å². The Morgan fingerprint density at radius 1 is 1.32 bits per heavy atom. The molecule has 1 aliphatic rings. The number of rotatable bonds is 12. The zero-order valence-corrected chi connectivity index (χ0v) is 16.6. The quantitative estimate of drug-likeness (QED) is 0.205. The van der Waals surface area contributed by atoms with Crippen LogP contribution in [0.1, 0.15) is 31.7 Å². The van der Waals surface area contributed by atoms with Gasteiger partial charge in [0.05, 0.1) is 6.04 Å². The molecule has 0 aliphatic carbocycles. The predicted molar refractivity (Wildman–Crippen MR) is 110 cm³/mol. The lowest BCUT2D eigenvalue weighted by Crippen LogP contribution is -2.62. The van der Waals surface area contributed by atoms with E-state index in [2.05, 4.69) is 10.3 Å². The number of aldehydes is 1. The average molecular weight is 389 g/mol. The molecule has 8 heteroatoms. The lowest BCUT2D eigenvalue weighted by atomic mass is 10.0. The zero-order chi connectivity index (χ0) is 20.4. The second-order valence-electron chi connectivity index (χ2n) is 6.94. The fraction of sp³-hybridized carbons (Fsp3) is 0.550. The van der Waals surface area contributed by atoms with Crippen molar-refractivity contribution in [2.45, 2.75) is 44.7 Å². The number of guanidine groups is 1. The van der Waals surface area contributed by atoms with E-state index in [0.717, 1.165) is 31.4 Å². The van der Waals surface area contributed by atoms with Crippen LogP contribution in [0.2, 0.25) is 0 Å². The molecule has 2 atom stereocenters. The van der Waals surface area contributed by atoms with Gasteiger partial charge in [0.1, 0.15) is 12.3 Å². The molecular weight excluding hydrogens is 356 g/mol. The largest absolute Gasteiger partial charge is 0.370 e. The Labute approximate surface area is 166 Å². The van der Waals surface area contributed by atoms with Gasteiger partial charge < -0.3 is 21.6 Å². The summed E-state index contributed by atoms with van der Waals surface area (Å²) in [5, 5.41) is 6.91. The van der Waals surface area contributed by atoms with Crippen LogP contribution >= 0.6 is 0 Å². The fourth-order valence-corrected chi connectivity index (χ4v) is 3.29. The Morgan fingerprint density at radius 3 is 2.57 bits per heavy atom. The molecule has 154 valence electrons. The number of likely N-dealkylation sites (N-methyl/N-ethyl adjacent to an activating group) is 1. The van der Waals surface area contributed by atoms with Crippen molar-refractivity contribution < 1.29 is 9.59 Å². The molecule has 28 heavy (non-hydrogen) atoms. The number of nitrogens with one attached hydrogen (secondary N) is 1. The Kier molecular flexibility index (Phi) is 8.90. The summed E-state index contributed by atoms with van der Waals surface area (Å²) in [6, 6.07) is 9.02. The third-order valence-corrected chi connectivity index (χ3v) is 4.82. The van der Waals surface area contributed by atoms with Gasteiger partial charge >= 0.3 is 0 Å². The minimum absolute atomic E-state index is 0.0356. The monoisotopic (exact) mass is 388 g/mol. The van der Waals surface area contributed by atoms with Crippen molar-refractivity contribution in [3.05, 3.63) is 35.9 Å². The second kappa shape index (κ2) is 11.4. The van der Waals surface area contributed by atoms with E-state index in [1.54, 1.807) is 5.01 Å². The van der Waals surface area contributed by atoms with E-state index in [-0.39, 0.29) is 17.9 Å². The van der Waals surface area contributed by atoms with Gasteiger partial charge in [-0.2, -0.15) is 0 Å². The number of hydrogen-bond donors (Lipinski definition) is 3. The molecule has 1 saturated heterocycles. The highest BCUT2D eigenvalue weighted by Gasteiger charge is 2.35. The van der Waals surface area contributed by atoms with Crippen molar-refractivity contribution in [1.29, 1.82) is 0 Å². The number of nitrogens with zero attached hydrogens (tertiary/aromatic N) is 3. The summed E-state index contributed by atoms with van der Waals surface area (Å²) in [4.78, 5) is 29.2. The maximum Gasteiger partial charge on any atom is 0.255 e. The third kappa shape index (κ3) is 6.31. The van der Waals surface area contributed by atoms with Crippen LogP contribution in [0.4, 0.5) is 0 Å². The highest BCUT2D eigenvalue weighted by Crippen LogP contribution is 2.19.